The van der Waals surface area contributed by atoms with Gasteiger partial charge in [0.25, 0.3) is 10.0 Å². The van der Waals surface area contributed by atoms with E-state index in [1.807, 2.05) is 13.0 Å². The Bertz CT molecular complexity index is 967. The lowest BCUT2D eigenvalue weighted by atomic mass is 10.2. The number of hydrogen-bond donors (Lipinski definition) is 0. The van der Waals surface area contributed by atoms with Crippen LogP contribution in [0.15, 0.2) is 49.1 Å². The van der Waals surface area contributed by atoms with E-state index in [0.29, 0.717) is 15.7 Å². The number of rotatable bonds is 6. The number of thiophene rings is 1. The van der Waals surface area contributed by atoms with Crippen LogP contribution in [0.2, 0.25) is 0 Å². The Morgan fingerprint density at radius 2 is 2.12 bits per heavy atom. The van der Waals surface area contributed by atoms with Gasteiger partial charge in [-0.15, -0.1) is 11.3 Å². The summed E-state index contributed by atoms with van der Waals surface area (Å²) in [7, 11) is -3.61. The monoisotopic (exact) mass is 392 g/mol. The van der Waals surface area contributed by atoms with Gasteiger partial charge in [-0.3, -0.25) is 0 Å². The summed E-state index contributed by atoms with van der Waals surface area (Å²) < 4.78 is 39.3. The molecular weight excluding hydrogens is 372 g/mol. The molecule has 0 radical (unpaired) electrons. The van der Waals surface area contributed by atoms with Gasteiger partial charge < -0.3 is 8.94 Å². The third-order valence-corrected chi connectivity index (χ3v) is 7.99. The lowest BCUT2D eigenvalue weighted by Gasteiger charge is -2.26. The summed E-state index contributed by atoms with van der Waals surface area (Å²) >= 11 is 1.21. The zero-order valence-electron chi connectivity index (χ0n) is 14.4. The van der Waals surface area contributed by atoms with Crippen LogP contribution in [0.25, 0.3) is 11.3 Å². The SMILES string of the molecule is Cc1cc(-c2csc(S(=O)(=O)N(Cc3ccco3)C3CCCC3)c2)on1. The average molecular weight is 393 g/mol. The molecule has 0 unspecified atom stereocenters. The Hall–Kier alpha value is -1.90. The molecule has 0 saturated heterocycles. The first-order valence-corrected chi connectivity index (χ1v) is 10.9. The molecule has 3 aromatic heterocycles. The highest BCUT2D eigenvalue weighted by molar-refractivity contribution is 7.91. The Kier molecular flexibility index (Phi) is 4.73. The first-order chi connectivity index (χ1) is 12.5. The van der Waals surface area contributed by atoms with Crippen LogP contribution >= 0.6 is 11.3 Å². The van der Waals surface area contributed by atoms with E-state index in [9.17, 15) is 8.42 Å². The van der Waals surface area contributed by atoms with E-state index in [1.165, 1.54) is 11.3 Å². The maximum absolute atomic E-state index is 13.3. The zero-order valence-corrected chi connectivity index (χ0v) is 16.1. The predicted molar refractivity (Wildman–Crippen MR) is 98.2 cm³/mol. The molecule has 0 aliphatic heterocycles. The highest BCUT2D eigenvalue weighted by atomic mass is 32.2. The maximum atomic E-state index is 13.3. The molecule has 0 bridgehead atoms. The number of hydrogen-bond acceptors (Lipinski definition) is 6. The van der Waals surface area contributed by atoms with Crippen molar-refractivity contribution in [3.8, 4) is 11.3 Å². The lowest BCUT2D eigenvalue weighted by Crippen LogP contribution is -2.37. The number of aromatic nitrogens is 1. The topological polar surface area (TPSA) is 76.6 Å². The molecule has 1 aliphatic rings. The molecule has 4 rings (SSSR count). The highest BCUT2D eigenvalue weighted by Gasteiger charge is 2.35. The molecule has 0 spiro atoms. The number of sulfonamides is 1. The van der Waals surface area contributed by atoms with Crippen molar-refractivity contribution in [2.45, 2.75) is 49.4 Å². The second kappa shape index (κ2) is 7.02. The van der Waals surface area contributed by atoms with Crippen molar-refractivity contribution < 1.29 is 17.4 Å². The summed E-state index contributed by atoms with van der Waals surface area (Å²) in [5, 5.41) is 5.67. The molecule has 1 fully saturated rings. The van der Waals surface area contributed by atoms with Crippen LogP contribution in [-0.4, -0.2) is 23.9 Å². The van der Waals surface area contributed by atoms with Crippen molar-refractivity contribution in [2.75, 3.05) is 0 Å². The predicted octanol–water partition coefficient (Wildman–Crippen LogP) is 4.44. The van der Waals surface area contributed by atoms with Gasteiger partial charge in [0.05, 0.1) is 18.5 Å². The highest BCUT2D eigenvalue weighted by Crippen LogP contribution is 2.35. The van der Waals surface area contributed by atoms with E-state index < -0.39 is 10.0 Å². The molecule has 1 aliphatic carbocycles. The van der Waals surface area contributed by atoms with Gasteiger partial charge >= 0.3 is 0 Å². The fourth-order valence-electron chi connectivity index (χ4n) is 3.35. The van der Waals surface area contributed by atoms with Crippen LogP contribution in [0, 0.1) is 6.92 Å². The van der Waals surface area contributed by atoms with Crippen molar-refractivity contribution in [1.29, 1.82) is 0 Å². The van der Waals surface area contributed by atoms with Crippen molar-refractivity contribution >= 4 is 21.4 Å². The molecule has 0 aromatic carbocycles. The lowest BCUT2D eigenvalue weighted by molar-refractivity contribution is 0.292. The van der Waals surface area contributed by atoms with Crippen molar-refractivity contribution in [1.82, 2.24) is 9.46 Å². The molecular formula is C18H20N2O4S2. The van der Waals surface area contributed by atoms with Gasteiger partial charge in [-0.2, -0.15) is 4.31 Å². The minimum atomic E-state index is -3.61. The summed E-state index contributed by atoms with van der Waals surface area (Å²) in [5.74, 6) is 1.24. The Labute approximate surface area is 156 Å². The van der Waals surface area contributed by atoms with Gasteiger partial charge in [0, 0.05) is 23.1 Å². The third kappa shape index (κ3) is 3.36. The van der Waals surface area contributed by atoms with Crippen LogP contribution in [0.3, 0.4) is 0 Å². The molecule has 3 aromatic rings. The van der Waals surface area contributed by atoms with Crippen LogP contribution in [0.5, 0.6) is 0 Å². The average Bonchev–Trinajstić information content (AvgIpc) is 3.38. The van der Waals surface area contributed by atoms with Crippen LogP contribution < -0.4 is 0 Å². The molecule has 3 heterocycles. The summed E-state index contributed by atoms with van der Waals surface area (Å²) in [5.41, 5.74) is 1.50. The smallest absolute Gasteiger partial charge is 0.253 e. The first kappa shape index (κ1) is 17.5. The molecule has 8 heteroatoms. The molecule has 6 nitrogen and oxygen atoms in total. The summed E-state index contributed by atoms with van der Waals surface area (Å²) in [6.07, 6.45) is 5.47. The quantitative estimate of drug-likeness (QED) is 0.620. The number of aryl methyl sites for hydroxylation is 1. The standard InChI is InChI=1S/C18H20N2O4S2/c1-13-9-17(24-19-13)14-10-18(25-12-14)26(21,22)20(15-5-2-3-6-15)11-16-7-4-8-23-16/h4,7-10,12,15H,2-3,5-6,11H2,1H3. The first-order valence-electron chi connectivity index (χ1n) is 8.60. The normalized spacial score (nSPS) is 15.9. The third-order valence-electron chi connectivity index (χ3n) is 4.67. The van der Waals surface area contributed by atoms with E-state index in [1.54, 1.807) is 34.1 Å². The Morgan fingerprint density at radius 1 is 1.31 bits per heavy atom. The van der Waals surface area contributed by atoms with Gasteiger partial charge in [-0.25, -0.2) is 8.42 Å². The summed E-state index contributed by atoms with van der Waals surface area (Å²) in [4.78, 5) is 0. The molecule has 0 N–H and O–H groups in total. The minimum absolute atomic E-state index is 0.0168. The zero-order chi connectivity index (χ0) is 18.1. The van der Waals surface area contributed by atoms with Gasteiger partial charge in [0.1, 0.15) is 9.97 Å². The van der Waals surface area contributed by atoms with E-state index in [2.05, 4.69) is 5.16 Å². The molecule has 0 atom stereocenters. The van der Waals surface area contributed by atoms with Gasteiger partial charge in [0.2, 0.25) is 0 Å². The van der Waals surface area contributed by atoms with Gasteiger partial charge in [-0.1, -0.05) is 18.0 Å². The molecule has 0 amide bonds. The van der Waals surface area contributed by atoms with E-state index in [0.717, 1.165) is 36.9 Å². The minimum Gasteiger partial charge on any atom is -0.468 e. The van der Waals surface area contributed by atoms with Crippen LogP contribution in [0.4, 0.5) is 0 Å². The number of nitrogens with zero attached hydrogens (tertiary/aromatic N) is 2. The fourth-order valence-corrected chi connectivity index (χ4v) is 6.30. The number of furan rings is 1. The second-order valence-corrected chi connectivity index (χ2v) is 9.58. The van der Waals surface area contributed by atoms with Crippen molar-refractivity contribution in [2.24, 2.45) is 0 Å². The van der Waals surface area contributed by atoms with Crippen LogP contribution in [0.1, 0.15) is 37.1 Å². The summed E-state index contributed by atoms with van der Waals surface area (Å²) in [6, 6.07) is 7.09. The Morgan fingerprint density at radius 3 is 2.77 bits per heavy atom. The van der Waals surface area contributed by atoms with E-state index in [-0.39, 0.29) is 12.6 Å². The molecule has 26 heavy (non-hydrogen) atoms. The van der Waals surface area contributed by atoms with Gasteiger partial charge in [-0.05, 0) is 38.0 Å². The molecule has 138 valence electrons. The van der Waals surface area contributed by atoms with E-state index in [4.69, 9.17) is 8.94 Å². The Balaban J connectivity index is 1.66. The fraction of sp³-hybridized carbons (Fsp3) is 0.389. The second-order valence-electron chi connectivity index (χ2n) is 6.55. The molecule has 1 saturated carbocycles. The van der Waals surface area contributed by atoms with Crippen LogP contribution in [-0.2, 0) is 16.6 Å². The van der Waals surface area contributed by atoms with Gasteiger partial charge in [0.15, 0.2) is 5.76 Å². The van der Waals surface area contributed by atoms with Crippen molar-refractivity contribution in [3.05, 3.63) is 47.4 Å². The van der Waals surface area contributed by atoms with E-state index >= 15 is 0 Å². The summed E-state index contributed by atoms with van der Waals surface area (Å²) in [6.45, 7) is 2.09. The maximum Gasteiger partial charge on any atom is 0.253 e. The van der Waals surface area contributed by atoms with Crippen molar-refractivity contribution in [3.63, 3.8) is 0 Å². The largest absolute Gasteiger partial charge is 0.468 e.